The van der Waals surface area contributed by atoms with Crippen LogP contribution >= 0.6 is 0 Å². The molecule has 0 amide bonds. The van der Waals surface area contributed by atoms with Crippen molar-refractivity contribution in [2.45, 2.75) is 25.0 Å². The van der Waals surface area contributed by atoms with Crippen LogP contribution in [0.15, 0.2) is 33.2 Å². The molecule has 0 radical (unpaired) electrons. The first-order valence-electron chi connectivity index (χ1n) is 7.45. The maximum Gasteiger partial charge on any atom is 0.231 e. The van der Waals surface area contributed by atoms with Gasteiger partial charge in [-0.25, -0.2) is 4.99 Å². The molecule has 3 aliphatic heterocycles. The summed E-state index contributed by atoms with van der Waals surface area (Å²) in [7, 11) is 2.05. The van der Waals surface area contributed by atoms with E-state index < -0.39 is 0 Å². The van der Waals surface area contributed by atoms with E-state index in [0.717, 1.165) is 35.9 Å². The second-order valence-electron chi connectivity index (χ2n) is 5.77. The first-order valence-corrected chi connectivity index (χ1v) is 7.45. The summed E-state index contributed by atoms with van der Waals surface area (Å²) in [6, 6.07) is 6.02. The fourth-order valence-corrected chi connectivity index (χ4v) is 2.83. The molecule has 2 unspecified atom stereocenters. The molecule has 0 N–H and O–H groups in total. The lowest BCUT2D eigenvalue weighted by atomic mass is 10.1. The van der Waals surface area contributed by atoms with Crippen LogP contribution in [0.25, 0.3) is 0 Å². The number of likely N-dealkylation sites (N-methyl/N-ethyl adjacent to an activating group) is 1. The fraction of sp³-hybridized carbons (Fsp3) is 0.438. The van der Waals surface area contributed by atoms with Gasteiger partial charge in [0.2, 0.25) is 6.79 Å². The van der Waals surface area contributed by atoms with Crippen LogP contribution in [-0.2, 0) is 6.42 Å². The third-order valence-electron chi connectivity index (χ3n) is 4.12. The van der Waals surface area contributed by atoms with Crippen LogP contribution in [0, 0.1) is 0 Å². The molecule has 6 nitrogen and oxygen atoms in total. The van der Waals surface area contributed by atoms with E-state index in [1.54, 1.807) is 0 Å². The largest absolute Gasteiger partial charge is 0.454 e. The Morgan fingerprint density at radius 1 is 1.32 bits per heavy atom. The Labute approximate surface area is 129 Å². The van der Waals surface area contributed by atoms with E-state index in [1.807, 2.05) is 31.5 Å². The number of rotatable bonds is 3. The third-order valence-corrected chi connectivity index (χ3v) is 4.12. The second kappa shape index (κ2) is 4.83. The predicted octanol–water partition coefficient (Wildman–Crippen LogP) is 1.54. The van der Waals surface area contributed by atoms with E-state index in [9.17, 15) is 0 Å². The van der Waals surface area contributed by atoms with Crippen LogP contribution in [0.2, 0.25) is 0 Å². The predicted molar refractivity (Wildman–Crippen MR) is 85.5 cm³/mol. The van der Waals surface area contributed by atoms with Crippen molar-refractivity contribution < 1.29 is 9.47 Å². The van der Waals surface area contributed by atoms with E-state index >= 15 is 0 Å². The van der Waals surface area contributed by atoms with E-state index in [1.165, 1.54) is 0 Å². The Balaban J connectivity index is 1.47. The molecule has 0 saturated heterocycles. The highest BCUT2D eigenvalue weighted by atomic mass is 16.7. The number of hydrogen-bond donors (Lipinski definition) is 0. The molecule has 22 heavy (non-hydrogen) atoms. The van der Waals surface area contributed by atoms with E-state index in [4.69, 9.17) is 9.47 Å². The minimum absolute atomic E-state index is 0.0371. The van der Waals surface area contributed by atoms with Crippen LogP contribution in [0.1, 0.15) is 12.5 Å². The molecule has 6 heteroatoms. The van der Waals surface area contributed by atoms with Gasteiger partial charge in [0.25, 0.3) is 0 Å². The van der Waals surface area contributed by atoms with Crippen molar-refractivity contribution in [1.29, 1.82) is 0 Å². The Morgan fingerprint density at radius 2 is 2.18 bits per heavy atom. The van der Waals surface area contributed by atoms with Gasteiger partial charge in [-0.15, -0.1) is 0 Å². The van der Waals surface area contributed by atoms with E-state index in [2.05, 4.69) is 33.0 Å². The van der Waals surface area contributed by atoms with Crippen molar-refractivity contribution in [2.24, 2.45) is 15.0 Å². The fourth-order valence-electron chi connectivity index (χ4n) is 2.83. The lowest BCUT2D eigenvalue weighted by Crippen LogP contribution is -2.45. The number of fused-ring (bicyclic) bond motifs is 1. The van der Waals surface area contributed by atoms with Crippen LogP contribution in [-0.4, -0.2) is 55.3 Å². The van der Waals surface area contributed by atoms with Crippen molar-refractivity contribution in [1.82, 2.24) is 4.90 Å². The molecule has 3 heterocycles. The molecule has 4 rings (SSSR count). The molecule has 0 bridgehead atoms. The summed E-state index contributed by atoms with van der Waals surface area (Å²) in [6.45, 7) is 3.12. The molecule has 1 spiro atoms. The Hall–Kier alpha value is -2.37. The zero-order chi connectivity index (χ0) is 15.2. The van der Waals surface area contributed by atoms with Gasteiger partial charge in [-0.1, -0.05) is 12.1 Å². The molecule has 114 valence electrons. The monoisotopic (exact) mass is 298 g/mol. The molecular formula is C16H18N4O2. The molecule has 0 aliphatic carbocycles. The van der Waals surface area contributed by atoms with Gasteiger partial charge in [-0.2, -0.15) is 0 Å². The maximum absolute atomic E-state index is 5.56. The van der Waals surface area contributed by atoms with Crippen LogP contribution in [0.4, 0.5) is 0 Å². The average Bonchev–Trinajstić information content (AvgIpc) is 3.12. The van der Waals surface area contributed by atoms with Gasteiger partial charge < -0.3 is 14.4 Å². The number of ether oxygens (including phenoxy) is 2. The zero-order valence-electron chi connectivity index (χ0n) is 12.7. The standard InChI is InChI=1S/C16H18N4O2/c1-11-17-8-16(9-18-16)15(19-11)20(2)7-6-12-4-3-5-13-14(12)22-10-21-13/h3-5,8-9,11H,6-7,10H2,1-2H3. The second-order valence-corrected chi connectivity index (χ2v) is 5.77. The quantitative estimate of drug-likeness (QED) is 0.850. The number of para-hydroxylation sites is 1. The van der Waals surface area contributed by atoms with Gasteiger partial charge in [0.15, 0.2) is 17.0 Å². The van der Waals surface area contributed by atoms with Gasteiger partial charge in [0, 0.05) is 26.0 Å². The molecule has 1 aromatic rings. The SMILES string of the molecule is CC1N=CC2(C=N2)C(N(C)CCc2cccc3c2OCO3)=N1. The lowest BCUT2D eigenvalue weighted by Gasteiger charge is -2.28. The maximum atomic E-state index is 5.56. The highest BCUT2D eigenvalue weighted by Crippen LogP contribution is 2.35. The summed E-state index contributed by atoms with van der Waals surface area (Å²) < 4.78 is 11.0. The van der Waals surface area contributed by atoms with Crippen molar-refractivity contribution in [3.05, 3.63) is 23.8 Å². The molecule has 2 atom stereocenters. The van der Waals surface area contributed by atoms with Crippen LogP contribution in [0.3, 0.4) is 0 Å². The van der Waals surface area contributed by atoms with Gasteiger partial charge in [0.1, 0.15) is 12.0 Å². The number of hydrogen-bond acceptors (Lipinski definition) is 6. The minimum atomic E-state index is -0.375. The number of amidine groups is 1. The van der Waals surface area contributed by atoms with Gasteiger partial charge in [-0.3, -0.25) is 9.98 Å². The highest BCUT2D eigenvalue weighted by molar-refractivity contribution is 6.28. The Kier molecular flexibility index (Phi) is 2.92. The summed E-state index contributed by atoms with van der Waals surface area (Å²) in [5.74, 6) is 2.67. The number of nitrogens with zero attached hydrogens (tertiary/aromatic N) is 4. The summed E-state index contributed by atoms with van der Waals surface area (Å²) in [5.41, 5.74) is 0.783. The van der Waals surface area contributed by atoms with E-state index in [-0.39, 0.29) is 11.7 Å². The summed E-state index contributed by atoms with van der Waals surface area (Å²) in [4.78, 5) is 15.5. The van der Waals surface area contributed by atoms with Crippen molar-refractivity contribution in [3.63, 3.8) is 0 Å². The highest BCUT2D eigenvalue weighted by Gasteiger charge is 2.45. The first kappa shape index (κ1) is 13.3. The molecule has 3 aliphatic rings. The third kappa shape index (κ3) is 2.15. The van der Waals surface area contributed by atoms with Gasteiger partial charge in [0.05, 0.1) is 0 Å². The number of aliphatic imine (C=N–C) groups is 3. The van der Waals surface area contributed by atoms with Crippen molar-refractivity contribution >= 4 is 18.3 Å². The topological polar surface area (TPSA) is 58.8 Å². The molecule has 0 saturated carbocycles. The molecule has 1 aromatic carbocycles. The number of benzene rings is 1. The smallest absolute Gasteiger partial charge is 0.231 e. The Morgan fingerprint density at radius 3 is 3.00 bits per heavy atom. The van der Waals surface area contributed by atoms with Gasteiger partial charge >= 0.3 is 0 Å². The van der Waals surface area contributed by atoms with Crippen LogP contribution in [0.5, 0.6) is 11.5 Å². The summed E-state index contributed by atoms with van der Waals surface area (Å²) >= 11 is 0. The molecule has 0 aromatic heterocycles. The van der Waals surface area contributed by atoms with Crippen molar-refractivity contribution in [2.75, 3.05) is 20.4 Å². The summed E-state index contributed by atoms with van der Waals surface area (Å²) in [5, 5.41) is 0. The minimum Gasteiger partial charge on any atom is -0.454 e. The normalized spacial score (nSPS) is 27.2. The van der Waals surface area contributed by atoms with E-state index in [0.29, 0.717) is 6.79 Å². The lowest BCUT2D eigenvalue weighted by molar-refractivity contribution is 0.173. The van der Waals surface area contributed by atoms with Gasteiger partial charge in [-0.05, 0) is 25.0 Å². The molecule has 0 fully saturated rings. The Bertz CT molecular complexity index is 689. The first-order chi connectivity index (χ1) is 10.7. The zero-order valence-corrected chi connectivity index (χ0v) is 12.7. The van der Waals surface area contributed by atoms with Crippen LogP contribution < -0.4 is 9.47 Å². The summed E-state index contributed by atoms with van der Waals surface area (Å²) in [6.07, 6.45) is 4.62. The average molecular weight is 298 g/mol. The molecular weight excluding hydrogens is 280 g/mol. The van der Waals surface area contributed by atoms with Crippen molar-refractivity contribution in [3.8, 4) is 11.5 Å².